The third-order valence-corrected chi connectivity index (χ3v) is 3.52. The van der Waals surface area contributed by atoms with E-state index in [4.69, 9.17) is 9.47 Å². The molecule has 18 heavy (non-hydrogen) atoms. The summed E-state index contributed by atoms with van der Waals surface area (Å²) in [4.78, 5) is 14.0. The number of hydrogen-bond donors (Lipinski definition) is 0. The van der Waals surface area contributed by atoms with Crippen LogP contribution >= 0.6 is 0 Å². The second-order valence-electron chi connectivity index (χ2n) is 6.77. The first-order valence-corrected chi connectivity index (χ1v) is 6.93. The van der Waals surface area contributed by atoms with E-state index in [2.05, 4.69) is 0 Å². The van der Waals surface area contributed by atoms with Gasteiger partial charge in [-0.2, -0.15) is 0 Å². The molecule has 1 aliphatic carbocycles. The Morgan fingerprint density at radius 3 is 2.11 bits per heavy atom. The van der Waals surface area contributed by atoms with E-state index in [1.54, 1.807) is 4.90 Å². The molecule has 0 unspecified atom stereocenters. The lowest BCUT2D eigenvalue weighted by Crippen LogP contribution is -2.58. The van der Waals surface area contributed by atoms with Gasteiger partial charge in [0.05, 0.1) is 24.3 Å². The Hall–Kier alpha value is -0.770. The van der Waals surface area contributed by atoms with Crippen LogP contribution in [0.15, 0.2) is 0 Å². The van der Waals surface area contributed by atoms with Crippen molar-refractivity contribution in [2.75, 3.05) is 13.1 Å². The van der Waals surface area contributed by atoms with Crippen LogP contribution in [0.1, 0.15) is 53.4 Å². The van der Waals surface area contributed by atoms with E-state index in [1.165, 1.54) is 12.8 Å². The molecule has 0 radical (unpaired) electrons. The van der Waals surface area contributed by atoms with E-state index in [0.717, 1.165) is 12.8 Å². The van der Waals surface area contributed by atoms with Crippen LogP contribution in [-0.2, 0) is 9.47 Å². The molecule has 2 aliphatic rings. The summed E-state index contributed by atoms with van der Waals surface area (Å²) in [7, 11) is 0. The molecule has 2 rings (SSSR count). The first-order chi connectivity index (χ1) is 8.27. The molecular formula is C14H25NO3. The molecule has 4 heteroatoms. The molecule has 0 aromatic carbocycles. The maximum atomic E-state index is 12.2. The highest BCUT2D eigenvalue weighted by atomic mass is 16.6. The van der Waals surface area contributed by atoms with Gasteiger partial charge in [-0.1, -0.05) is 0 Å². The molecule has 104 valence electrons. The summed E-state index contributed by atoms with van der Waals surface area (Å²) >= 11 is 0. The molecule has 4 nitrogen and oxygen atoms in total. The number of ether oxygens (including phenoxy) is 2. The van der Waals surface area contributed by atoms with E-state index in [1.807, 2.05) is 27.7 Å². The minimum absolute atomic E-state index is 0.131. The standard InChI is InChI=1S/C14H25NO3/c1-13(2)9-15(10-14(3,4)18-13)12(16)17-11-7-5-6-8-11/h11H,5-10H2,1-4H3. The molecule has 0 spiro atoms. The molecular weight excluding hydrogens is 230 g/mol. The van der Waals surface area contributed by atoms with E-state index in [0.29, 0.717) is 13.1 Å². The Kier molecular flexibility index (Phi) is 3.58. The number of carbonyl (C=O) groups is 1. The van der Waals surface area contributed by atoms with Crippen LogP contribution in [0.3, 0.4) is 0 Å². The fourth-order valence-electron chi connectivity index (χ4n) is 3.14. The Morgan fingerprint density at radius 1 is 1.11 bits per heavy atom. The van der Waals surface area contributed by atoms with E-state index in [9.17, 15) is 4.79 Å². The summed E-state index contributed by atoms with van der Waals surface area (Å²) < 4.78 is 11.5. The highest BCUT2D eigenvalue weighted by Gasteiger charge is 2.41. The summed E-state index contributed by atoms with van der Waals surface area (Å²) in [6, 6.07) is 0. The minimum Gasteiger partial charge on any atom is -0.446 e. The van der Waals surface area contributed by atoms with Crippen LogP contribution < -0.4 is 0 Å². The summed E-state index contributed by atoms with van der Waals surface area (Å²) in [5, 5.41) is 0. The molecule has 0 bridgehead atoms. The first kappa shape index (κ1) is 13.7. The third-order valence-electron chi connectivity index (χ3n) is 3.52. The van der Waals surface area contributed by atoms with Gasteiger partial charge in [-0.3, -0.25) is 0 Å². The highest BCUT2D eigenvalue weighted by Crippen LogP contribution is 2.29. The predicted molar refractivity (Wildman–Crippen MR) is 69.6 cm³/mol. The van der Waals surface area contributed by atoms with Gasteiger partial charge in [0.15, 0.2) is 0 Å². The zero-order chi connectivity index (χ0) is 13.4. The van der Waals surface area contributed by atoms with Crippen LogP contribution in [0.4, 0.5) is 4.79 Å². The van der Waals surface area contributed by atoms with Crippen molar-refractivity contribution < 1.29 is 14.3 Å². The van der Waals surface area contributed by atoms with Crippen LogP contribution in [0.5, 0.6) is 0 Å². The van der Waals surface area contributed by atoms with E-state index >= 15 is 0 Å². The van der Waals surface area contributed by atoms with Crippen molar-refractivity contribution in [2.24, 2.45) is 0 Å². The number of carbonyl (C=O) groups excluding carboxylic acids is 1. The van der Waals surface area contributed by atoms with Crippen LogP contribution in [-0.4, -0.2) is 41.4 Å². The van der Waals surface area contributed by atoms with Gasteiger partial charge in [-0.15, -0.1) is 0 Å². The zero-order valence-electron chi connectivity index (χ0n) is 12.0. The SMILES string of the molecule is CC1(C)CN(C(=O)OC2CCCC2)CC(C)(C)O1. The van der Waals surface area contributed by atoms with Crippen molar-refractivity contribution in [3.63, 3.8) is 0 Å². The summed E-state index contributed by atoms with van der Waals surface area (Å²) in [5.74, 6) is 0. The molecule has 1 amide bonds. The Morgan fingerprint density at radius 2 is 1.61 bits per heavy atom. The smallest absolute Gasteiger partial charge is 0.410 e. The average molecular weight is 255 g/mol. The first-order valence-electron chi connectivity index (χ1n) is 6.93. The number of morpholine rings is 1. The maximum absolute atomic E-state index is 12.2. The lowest BCUT2D eigenvalue weighted by molar-refractivity contribution is -0.175. The van der Waals surface area contributed by atoms with Gasteiger partial charge >= 0.3 is 6.09 Å². The molecule has 0 aromatic rings. The normalized spacial score (nSPS) is 27.2. The Bertz CT molecular complexity index is 303. The van der Waals surface area contributed by atoms with Gasteiger partial charge in [0.1, 0.15) is 6.10 Å². The van der Waals surface area contributed by atoms with Crippen molar-refractivity contribution in [3.05, 3.63) is 0 Å². The number of nitrogens with zero attached hydrogens (tertiary/aromatic N) is 1. The van der Waals surface area contributed by atoms with Gasteiger partial charge in [-0.25, -0.2) is 4.79 Å². The molecule has 1 heterocycles. The van der Waals surface area contributed by atoms with Crippen molar-refractivity contribution in [3.8, 4) is 0 Å². The molecule has 1 aliphatic heterocycles. The van der Waals surface area contributed by atoms with Crippen LogP contribution in [0.2, 0.25) is 0 Å². The van der Waals surface area contributed by atoms with Gasteiger partial charge in [0.25, 0.3) is 0 Å². The van der Waals surface area contributed by atoms with E-state index in [-0.39, 0.29) is 23.4 Å². The third kappa shape index (κ3) is 3.37. The molecule has 1 saturated heterocycles. The van der Waals surface area contributed by atoms with Crippen LogP contribution in [0.25, 0.3) is 0 Å². The fraction of sp³-hybridized carbons (Fsp3) is 0.929. The zero-order valence-corrected chi connectivity index (χ0v) is 12.0. The van der Waals surface area contributed by atoms with Crippen LogP contribution in [0, 0.1) is 0 Å². The topological polar surface area (TPSA) is 38.8 Å². The fourth-order valence-corrected chi connectivity index (χ4v) is 3.14. The predicted octanol–water partition coefficient (Wildman–Crippen LogP) is 2.96. The lowest BCUT2D eigenvalue weighted by atomic mass is 9.99. The maximum Gasteiger partial charge on any atom is 0.410 e. The van der Waals surface area contributed by atoms with Crippen molar-refractivity contribution in [2.45, 2.75) is 70.7 Å². The van der Waals surface area contributed by atoms with Crippen molar-refractivity contribution in [1.82, 2.24) is 4.90 Å². The molecule has 0 N–H and O–H groups in total. The average Bonchev–Trinajstić information content (AvgIpc) is 2.65. The second-order valence-corrected chi connectivity index (χ2v) is 6.77. The second kappa shape index (κ2) is 4.72. The lowest BCUT2D eigenvalue weighted by Gasteiger charge is -2.46. The summed E-state index contributed by atoms with van der Waals surface area (Å²) in [6.45, 7) is 9.27. The van der Waals surface area contributed by atoms with Gasteiger partial charge in [0, 0.05) is 0 Å². The molecule has 0 atom stereocenters. The van der Waals surface area contributed by atoms with E-state index < -0.39 is 0 Å². The van der Waals surface area contributed by atoms with Gasteiger partial charge < -0.3 is 14.4 Å². The monoisotopic (exact) mass is 255 g/mol. The summed E-state index contributed by atoms with van der Waals surface area (Å²) in [6.07, 6.45) is 4.35. The largest absolute Gasteiger partial charge is 0.446 e. The number of rotatable bonds is 1. The molecule has 1 saturated carbocycles. The summed E-state index contributed by atoms with van der Waals surface area (Å²) in [5.41, 5.74) is -0.618. The number of hydrogen-bond acceptors (Lipinski definition) is 3. The number of amides is 1. The van der Waals surface area contributed by atoms with Crippen molar-refractivity contribution >= 4 is 6.09 Å². The van der Waals surface area contributed by atoms with Gasteiger partial charge in [-0.05, 0) is 53.4 Å². The molecule has 2 fully saturated rings. The quantitative estimate of drug-likeness (QED) is 0.723. The minimum atomic E-state index is -0.309. The van der Waals surface area contributed by atoms with Crippen molar-refractivity contribution in [1.29, 1.82) is 0 Å². The molecule has 0 aromatic heterocycles. The Labute approximate surface area is 110 Å². The highest BCUT2D eigenvalue weighted by molar-refractivity contribution is 5.68. The van der Waals surface area contributed by atoms with Gasteiger partial charge in [0.2, 0.25) is 0 Å². The Balaban J connectivity index is 1.96.